The van der Waals surface area contributed by atoms with Gasteiger partial charge in [0.25, 0.3) is 0 Å². The van der Waals surface area contributed by atoms with Crippen molar-refractivity contribution in [2.45, 2.75) is 18.3 Å². The van der Waals surface area contributed by atoms with E-state index in [1.807, 2.05) is 0 Å². The third-order valence-electron chi connectivity index (χ3n) is 5.21. The summed E-state index contributed by atoms with van der Waals surface area (Å²) in [6.07, 6.45) is -7.84. The van der Waals surface area contributed by atoms with Crippen LogP contribution in [0.4, 0.5) is 45.5 Å². The zero-order chi connectivity index (χ0) is 28.4. The van der Waals surface area contributed by atoms with Gasteiger partial charge in [0.1, 0.15) is 11.7 Å². The molecule has 1 heterocycles. The average molecular weight is 568 g/mol. The number of allylic oxidation sites excluding steroid dienone is 1. The molecular formula is C24H15ClF9N3O. The summed E-state index contributed by atoms with van der Waals surface area (Å²) in [6.45, 7) is -0.599. The van der Waals surface area contributed by atoms with Crippen LogP contribution in [0.5, 0.6) is 0 Å². The highest BCUT2D eigenvalue weighted by Gasteiger charge is 2.41. The highest BCUT2D eigenvalue weighted by atomic mass is 35.5. The molecule has 0 aliphatic carbocycles. The number of Topliss-reactive ketones (excluding diaryl/α,β-unsaturated/α-hetero) is 1. The first kappa shape index (κ1) is 29.0. The number of ketones is 1. The zero-order valence-corrected chi connectivity index (χ0v) is 19.8. The number of carbonyl (C=O) groups excluding carboxylic acids is 1. The summed E-state index contributed by atoms with van der Waals surface area (Å²) < 4.78 is 124. The summed E-state index contributed by atoms with van der Waals surface area (Å²) in [5, 5.41) is -1.00. The SMILES string of the molecule is CN(CC(=O)c1ccc(/C(F)=C/C(c2cc(F)c(F)c(Cl)c2)C(F)(F)F)cc1C(F)(F)F)c1ncccn1. The molecule has 0 saturated heterocycles. The third kappa shape index (κ3) is 6.63. The minimum atomic E-state index is -5.25. The van der Waals surface area contributed by atoms with Gasteiger partial charge < -0.3 is 4.90 Å². The van der Waals surface area contributed by atoms with Crippen LogP contribution >= 0.6 is 11.6 Å². The summed E-state index contributed by atoms with van der Waals surface area (Å²) in [7, 11) is 1.35. The van der Waals surface area contributed by atoms with Crippen molar-refractivity contribution in [3.63, 3.8) is 0 Å². The van der Waals surface area contributed by atoms with Crippen molar-refractivity contribution in [1.82, 2.24) is 9.97 Å². The number of anilines is 1. The van der Waals surface area contributed by atoms with E-state index < -0.39 is 75.3 Å². The first-order chi connectivity index (χ1) is 17.6. The molecule has 2 aromatic carbocycles. The van der Waals surface area contributed by atoms with Crippen molar-refractivity contribution in [2.24, 2.45) is 0 Å². The molecule has 202 valence electrons. The van der Waals surface area contributed by atoms with E-state index in [4.69, 9.17) is 11.6 Å². The van der Waals surface area contributed by atoms with Gasteiger partial charge in [0, 0.05) is 30.6 Å². The van der Waals surface area contributed by atoms with Crippen LogP contribution in [-0.4, -0.2) is 35.5 Å². The molecule has 38 heavy (non-hydrogen) atoms. The second-order valence-electron chi connectivity index (χ2n) is 7.92. The molecule has 1 atom stereocenters. The van der Waals surface area contributed by atoms with E-state index >= 15 is 0 Å². The topological polar surface area (TPSA) is 46.1 Å². The van der Waals surface area contributed by atoms with Gasteiger partial charge in [-0.05, 0) is 35.9 Å². The first-order valence-corrected chi connectivity index (χ1v) is 10.8. The third-order valence-corrected chi connectivity index (χ3v) is 5.48. The van der Waals surface area contributed by atoms with Gasteiger partial charge in [0.2, 0.25) is 5.95 Å². The van der Waals surface area contributed by atoms with Crippen LogP contribution < -0.4 is 4.90 Å². The molecule has 1 unspecified atom stereocenters. The lowest BCUT2D eigenvalue weighted by Crippen LogP contribution is -2.28. The molecule has 14 heteroatoms. The number of hydrogen-bond donors (Lipinski definition) is 0. The number of carbonyl (C=O) groups is 1. The Labute approximate surface area is 214 Å². The molecular weight excluding hydrogens is 553 g/mol. The van der Waals surface area contributed by atoms with Crippen molar-refractivity contribution in [3.05, 3.63) is 93.8 Å². The van der Waals surface area contributed by atoms with Crippen LogP contribution in [-0.2, 0) is 6.18 Å². The van der Waals surface area contributed by atoms with E-state index in [0.717, 1.165) is 4.90 Å². The fourth-order valence-corrected chi connectivity index (χ4v) is 3.62. The Balaban J connectivity index is 2.01. The largest absolute Gasteiger partial charge is 0.417 e. The Morgan fingerprint density at radius 3 is 2.24 bits per heavy atom. The Morgan fingerprint density at radius 2 is 1.68 bits per heavy atom. The summed E-state index contributed by atoms with van der Waals surface area (Å²) in [5.41, 5.74) is -4.37. The lowest BCUT2D eigenvalue weighted by molar-refractivity contribution is -0.140. The van der Waals surface area contributed by atoms with Crippen LogP contribution in [0, 0.1) is 11.6 Å². The predicted octanol–water partition coefficient (Wildman–Crippen LogP) is 7.40. The molecule has 3 aromatic rings. The number of halogens is 10. The van der Waals surface area contributed by atoms with E-state index in [1.54, 1.807) is 0 Å². The van der Waals surface area contributed by atoms with Crippen LogP contribution in [0.1, 0.15) is 33.0 Å². The van der Waals surface area contributed by atoms with E-state index in [-0.39, 0.29) is 24.2 Å². The first-order valence-electron chi connectivity index (χ1n) is 10.4. The van der Waals surface area contributed by atoms with Gasteiger partial charge in [0.05, 0.1) is 17.1 Å². The minimum Gasteiger partial charge on any atom is -0.336 e. The molecule has 0 aliphatic heterocycles. The van der Waals surface area contributed by atoms with Gasteiger partial charge in [-0.2, -0.15) is 26.3 Å². The molecule has 0 spiro atoms. The lowest BCUT2D eigenvalue weighted by Gasteiger charge is -2.19. The molecule has 1 aromatic heterocycles. The van der Waals surface area contributed by atoms with E-state index in [1.165, 1.54) is 25.5 Å². The molecule has 0 amide bonds. The van der Waals surface area contributed by atoms with Crippen molar-refractivity contribution >= 4 is 29.2 Å². The maximum Gasteiger partial charge on any atom is 0.417 e. The predicted molar refractivity (Wildman–Crippen MR) is 120 cm³/mol. The Bertz CT molecular complexity index is 1340. The van der Waals surface area contributed by atoms with Gasteiger partial charge in [-0.1, -0.05) is 23.7 Å². The van der Waals surface area contributed by atoms with Gasteiger partial charge in [-0.3, -0.25) is 4.79 Å². The summed E-state index contributed by atoms with van der Waals surface area (Å²) >= 11 is 5.39. The lowest BCUT2D eigenvalue weighted by atomic mass is 9.94. The van der Waals surface area contributed by atoms with Crippen molar-refractivity contribution in [3.8, 4) is 0 Å². The quantitative estimate of drug-likeness (QED) is 0.170. The zero-order valence-electron chi connectivity index (χ0n) is 19.0. The molecule has 0 fully saturated rings. The van der Waals surface area contributed by atoms with E-state index in [0.29, 0.717) is 18.2 Å². The van der Waals surface area contributed by atoms with E-state index in [9.17, 15) is 44.3 Å². The van der Waals surface area contributed by atoms with Gasteiger partial charge in [0.15, 0.2) is 17.4 Å². The highest BCUT2D eigenvalue weighted by molar-refractivity contribution is 6.30. The van der Waals surface area contributed by atoms with Crippen LogP contribution in [0.15, 0.2) is 54.9 Å². The summed E-state index contributed by atoms with van der Waals surface area (Å²) in [6, 6.07) is 3.57. The number of hydrogen-bond acceptors (Lipinski definition) is 4. The fourth-order valence-electron chi connectivity index (χ4n) is 3.41. The molecule has 0 radical (unpaired) electrons. The molecule has 4 nitrogen and oxygen atoms in total. The maximum absolute atomic E-state index is 14.9. The number of likely N-dealkylation sites (N-methyl/N-ethyl adjacent to an activating group) is 1. The van der Waals surface area contributed by atoms with Gasteiger partial charge in [-0.25, -0.2) is 23.1 Å². The molecule has 0 saturated carbocycles. The Morgan fingerprint density at radius 1 is 1.05 bits per heavy atom. The van der Waals surface area contributed by atoms with Crippen LogP contribution in [0.3, 0.4) is 0 Å². The van der Waals surface area contributed by atoms with Crippen LogP contribution in [0.2, 0.25) is 5.02 Å². The molecule has 0 N–H and O–H groups in total. The normalized spacial score (nSPS) is 13.4. The smallest absolute Gasteiger partial charge is 0.336 e. The standard InChI is InChI=1S/C24H15ClF9N3O/c1-37(22-35-5-2-6-36-22)11-20(38)14-4-3-12(7-16(14)24(32,33)34)18(26)10-15(23(29,30)31)13-8-17(25)21(28)19(27)9-13/h2-10,15H,11H2,1H3/b18-10-. The van der Waals surface area contributed by atoms with Crippen molar-refractivity contribution in [2.75, 3.05) is 18.5 Å². The number of rotatable bonds is 7. The number of benzene rings is 2. The van der Waals surface area contributed by atoms with Crippen molar-refractivity contribution in [1.29, 1.82) is 0 Å². The minimum absolute atomic E-state index is 0.0375. The number of alkyl halides is 6. The number of aromatic nitrogens is 2. The Hall–Kier alpha value is -3.61. The van der Waals surface area contributed by atoms with Gasteiger partial charge in [-0.15, -0.1) is 0 Å². The number of nitrogens with zero attached hydrogens (tertiary/aromatic N) is 3. The van der Waals surface area contributed by atoms with Crippen molar-refractivity contribution < 1.29 is 44.3 Å². The summed E-state index contributed by atoms with van der Waals surface area (Å²) in [4.78, 5) is 21.5. The molecule has 0 bridgehead atoms. The Kier molecular flexibility index (Phi) is 8.39. The fraction of sp³-hybridized carbons (Fsp3) is 0.208. The van der Waals surface area contributed by atoms with E-state index in [2.05, 4.69) is 9.97 Å². The monoisotopic (exact) mass is 567 g/mol. The summed E-state index contributed by atoms with van der Waals surface area (Å²) in [5.74, 6) is -9.01. The second kappa shape index (κ2) is 11.0. The van der Waals surface area contributed by atoms with Gasteiger partial charge >= 0.3 is 12.4 Å². The van der Waals surface area contributed by atoms with Crippen LogP contribution in [0.25, 0.3) is 5.83 Å². The second-order valence-corrected chi connectivity index (χ2v) is 8.33. The highest BCUT2D eigenvalue weighted by Crippen LogP contribution is 2.41. The molecule has 3 rings (SSSR count). The molecule has 0 aliphatic rings. The average Bonchev–Trinajstić information content (AvgIpc) is 2.84. The maximum atomic E-state index is 14.9.